The van der Waals surface area contributed by atoms with Crippen LogP contribution < -0.4 is 15.6 Å². The molecule has 0 atom stereocenters. The fourth-order valence-electron chi connectivity index (χ4n) is 3.98. The Morgan fingerprint density at radius 1 is 1.13 bits per heavy atom. The van der Waals surface area contributed by atoms with Crippen molar-refractivity contribution in [3.8, 4) is 17.0 Å². The SMILES string of the molecule is COc1cccc(CNC2CCC(n3nc(-c4cccnc4)ccc3=O)CC2)c1Cl. The average molecular weight is 425 g/mol. The van der Waals surface area contributed by atoms with Crippen LogP contribution in [0.3, 0.4) is 0 Å². The van der Waals surface area contributed by atoms with Crippen LogP contribution >= 0.6 is 11.6 Å². The summed E-state index contributed by atoms with van der Waals surface area (Å²) in [6, 6.07) is 13.5. The third kappa shape index (κ3) is 4.55. The third-order valence-corrected chi connectivity index (χ3v) is 6.10. The molecule has 0 amide bonds. The van der Waals surface area contributed by atoms with E-state index in [1.165, 1.54) is 0 Å². The second-order valence-corrected chi connectivity index (χ2v) is 7.94. The van der Waals surface area contributed by atoms with E-state index in [1.54, 1.807) is 36.3 Å². The van der Waals surface area contributed by atoms with Crippen molar-refractivity contribution in [3.63, 3.8) is 0 Å². The highest BCUT2D eigenvalue weighted by atomic mass is 35.5. The predicted molar refractivity (Wildman–Crippen MR) is 118 cm³/mol. The molecule has 1 aromatic carbocycles. The van der Waals surface area contributed by atoms with Crippen LogP contribution in [0.2, 0.25) is 5.02 Å². The lowest BCUT2D eigenvalue weighted by atomic mass is 9.91. The van der Waals surface area contributed by atoms with Gasteiger partial charge < -0.3 is 10.1 Å². The van der Waals surface area contributed by atoms with Gasteiger partial charge in [-0.1, -0.05) is 23.7 Å². The number of rotatable bonds is 6. The number of hydrogen-bond acceptors (Lipinski definition) is 5. The molecule has 2 aromatic heterocycles. The fourth-order valence-corrected chi connectivity index (χ4v) is 4.25. The Morgan fingerprint density at radius 3 is 2.70 bits per heavy atom. The first-order valence-corrected chi connectivity index (χ1v) is 10.6. The van der Waals surface area contributed by atoms with E-state index in [4.69, 9.17) is 16.3 Å². The number of hydrogen-bond donors (Lipinski definition) is 1. The lowest BCUT2D eigenvalue weighted by Crippen LogP contribution is -2.36. The molecule has 0 aliphatic heterocycles. The van der Waals surface area contributed by atoms with E-state index in [1.807, 2.05) is 30.3 Å². The van der Waals surface area contributed by atoms with E-state index in [9.17, 15) is 4.79 Å². The third-order valence-electron chi connectivity index (χ3n) is 5.67. The van der Waals surface area contributed by atoms with Crippen LogP contribution in [-0.2, 0) is 6.54 Å². The van der Waals surface area contributed by atoms with Gasteiger partial charge in [0.2, 0.25) is 0 Å². The second-order valence-electron chi connectivity index (χ2n) is 7.56. The van der Waals surface area contributed by atoms with E-state index in [2.05, 4.69) is 15.4 Å². The lowest BCUT2D eigenvalue weighted by Gasteiger charge is -2.30. The minimum absolute atomic E-state index is 0.0535. The Kier molecular flexibility index (Phi) is 6.45. The van der Waals surface area contributed by atoms with Crippen LogP contribution in [0.15, 0.2) is 59.7 Å². The van der Waals surface area contributed by atoms with Crippen molar-refractivity contribution in [2.75, 3.05) is 7.11 Å². The lowest BCUT2D eigenvalue weighted by molar-refractivity contribution is 0.269. The van der Waals surface area contributed by atoms with Crippen molar-refractivity contribution in [2.45, 2.75) is 44.3 Å². The van der Waals surface area contributed by atoms with Crippen molar-refractivity contribution in [1.29, 1.82) is 0 Å². The van der Waals surface area contributed by atoms with Gasteiger partial charge in [0.1, 0.15) is 5.75 Å². The van der Waals surface area contributed by atoms with Gasteiger partial charge in [-0.05, 0) is 55.5 Å². The molecule has 30 heavy (non-hydrogen) atoms. The summed E-state index contributed by atoms with van der Waals surface area (Å²) in [7, 11) is 1.62. The molecule has 0 spiro atoms. The molecule has 0 radical (unpaired) electrons. The molecule has 4 rings (SSSR count). The minimum Gasteiger partial charge on any atom is -0.495 e. The Bertz CT molecular complexity index is 1050. The van der Waals surface area contributed by atoms with Crippen LogP contribution in [-0.4, -0.2) is 27.9 Å². The first-order valence-electron chi connectivity index (χ1n) is 10.2. The standard InChI is InChI=1S/C23H25ClN4O2/c1-30-21-6-2-4-17(23(21)24)15-26-18-7-9-19(10-8-18)28-22(29)12-11-20(27-28)16-5-3-13-25-14-16/h2-6,11-14,18-19,26H,7-10,15H2,1H3. The maximum absolute atomic E-state index is 12.4. The molecule has 0 bridgehead atoms. The summed E-state index contributed by atoms with van der Waals surface area (Å²) >= 11 is 6.40. The number of methoxy groups -OCH3 is 1. The van der Waals surface area contributed by atoms with Gasteiger partial charge in [0.05, 0.1) is 23.9 Å². The van der Waals surface area contributed by atoms with Crippen molar-refractivity contribution in [1.82, 2.24) is 20.1 Å². The van der Waals surface area contributed by atoms with Crippen LogP contribution in [0, 0.1) is 0 Å². The summed E-state index contributed by atoms with van der Waals surface area (Å²) in [5, 5.41) is 8.88. The molecule has 7 heteroatoms. The van der Waals surface area contributed by atoms with Crippen molar-refractivity contribution < 1.29 is 4.74 Å². The van der Waals surface area contributed by atoms with Gasteiger partial charge in [-0.25, -0.2) is 4.68 Å². The first kappa shape index (κ1) is 20.6. The van der Waals surface area contributed by atoms with Gasteiger partial charge in [-0.3, -0.25) is 9.78 Å². The molecule has 1 N–H and O–H groups in total. The van der Waals surface area contributed by atoms with Gasteiger partial charge in [0.15, 0.2) is 0 Å². The molecule has 3 aromatic rings. The van der Waals surface area contributed by atoms with Crippen LogP contribution in [0.25, 0.3) is 11.3 Å². The van der Waals surface area contributed by atoms with Crippen molar-refractivity contribution in [2.24, 2.45) is 0 Å². The molecule has 1 fully saturated rings. The summed E-state index contributed by atoms with van der Waals surface area (Å²) in [6.45, 7) is 0.695. The highest BCUT2D eigenvalue weighted by Gasteiger charge is 2.24. The van der Waals surface area contributed by atoms with Gasteiger partial charge in [0, 0.05) is 36.6 Å². The Balaban J connectivity index is 1.39. The smallest absolute Gasteiger partial charge is 0.267 e. The summed E-state index contributed by atoms with van der Waals surface area (Å²) in [5.41, 5.74) is 2.66. The number of ether oxygens (including phenoxy) is 1. The van der Waals surface area contributed by atoms with Crippen LogP contribution in [0.4, 0.5) is 0 Å². The Labute approximate surface area is 180 Å². The molecule has 0 saturated heterocycles. The van der Waals surface area contributed by atoms with E-state index in [0.29, 0.717) is 23.4 Å². The number of nitrogens with zero attached hydrogens (tertiary/aromatic N) is 3. The summed E-state index contributed by atoms with van der Waals surface area (Å²) in [4.78, 5) is 16.6. The van der Waals surface area contributed by atoms with E-state index in [0.717, 1.165) is 42.5 Å². The number of aromatic nitrogens is 3. The van der Waals surface area contributed by atoms with E-state index in [-0.39, 0.29) is 11.6 Å². The monoisotopic (exact) mass is 424 g/mol. The Morgan fingerprint density at radius 2 is 1.97 bits per heavy atom. The highest BCUT2D eigenvalue weighted by molar-refractivity contribution is 6.32. The molecule has 6 nitrogen and oxygen atoms in total. The maximum atomic E-state index is 12.4. The molecular weight excluding hydrogens is 400 g/mol. The number of nitrogens with one attached hydrogen (secondary N) is 1. The molecule has 156 valence electrons. The summed E-state index contributed by atoms with van der Waals surface area (Å²) in [6.07, 6.45) is 7.28. The minimum atomic E-state index is -0.0535. The fraction of sp³-hybridized carbons (Fsp3) is 0.348. The van der Waals surface area contributed by atoms with Gasteiger partial charge in [0.25, 0.3) is 5.56 Å². The molecule has 1 aliphatic rings. The number of pyridine rings is 1. The maximum Gasteiger partial charge on any atom is 0.267 e. The van der Waals surface area contributed by atoms with Gasteiger partial charge in [-0.15, -0.1) is 0 Å². The van der Waals surface area contributed by atoms with E-state index >= 15 is 0 Å². The zero-order valence-corrected chi connectivity index (χ0v) is 17.7. The number of halogens is 1. The summed E-state index contributed by atoms with van der Waals surface area (Å²) < 4.78 is 6.94. The topological polar surface area (TPSA) is 69.0 Å². The average Bonchev–Trinajstić information content (AvgIpc) is 2.80. The van der Waals surface area contributed by atoms with Crippen molar-refractivity contribution in [3.05, 3.63) is 75.8 Å². The largest absolute Gasteiger partial charge is 0.495 e. The highest BCUT2D eigenvalue weighted by Crippen LogP contribution is 2.30. The van der Waals surface area contributed by atoms with Crippen LogP contribution in [0.5, 0.6) is 5.75 Å². The van der Waals surface area contributed by atoms with Gasteiger partial charge in [-0.2, -0.15) is 5.10 Å². The van der Waals surface area contributed by atoms with Crippen molar-refractivity contribution >= 4 is 11.6 Å². The predicted octanol–water partition coefficient (Wildman–Crippen LogP) is 4.24. The zero-order valence-electron chi connectivity index (χ0n) is 16.9. The number of benzene rings is 1. The van der Waals surface area contributed by atoms with Gasteiger partial charge >= 0.3 is 0 Å². The van der Waals surface area contributed by atoms with E-state index < -0.39 is 0 Å². The molecule has 0 unspecified atom stereocenters. The first-order chi connectivity index (χ1) is 14.7. The molecule has 1 saturated carbocycles. The summed E-state index contributed by atoms with van der Waals surface area (Å²) in [5.74, 6) is 0.693. The Hall–Kier alpha value is -2.70. The molecule has 1 aliphatic carbocycles. The quantitative estimate of drug-likeness (QED) is 0.640. The zero-order chi connectivity index (χ0) is 20.9. The van der Waals surface area contributed by atoms with Crippen LogP contribution in [0.1, 0.15) is 37.3 Å². The normalized spacial score (nSPS) is 18.9. The molecular formula is C23H25ClN4O2. The second kappa shape index (κ2) is 9.41. The molecule has 2 heterocycles.